The molecule has 3 aromatic rings. The van der Waals surface area contributed by atoms with Gasteiger partial charge in [-0.25, -0.2) is 9.59 Å². The van der Waals surface area contributed by atoms with E-state index < -0.39 is 23.5 Å². The summed E-state index contributed by atoms with van der Waals surface area (Å²) < 4.78 is 11.8. The van der Waals surface area contributed by atoms with Gasteiger partial charge in [0.15, 0.2) is 11.2 Å². The minimum Gasteiger partial charge on any atom is -0.479 e. The topological polar surface area (TPSA) is 132 Å². The Morgan fingerprint density at radius 2 is 1.69 bits per heavy atom. The number of carbonyl (C=O) groups excluding carboxylic acids is 2. The smallest absolute Gasteiger partial charge is 0.411 e. The summed E-state index contributed by atoms with van der Waals surface area (Å²) in [5, 5.41) is 18.5. The number of nitrogens with one attached hydrogen (secondary N) is 2. The van der Waals surface area contributed by atoms with Gasteiger partial charge in [-0.1, -0.05) is 48.5 Å². The molecule has 1 aromatic heterocycles. The van der Waals surface area contributed by atoms with Crippen molar-refractivity contribution in [1.82, 2.24) is 15.1 Å². The molecule has 182 valence electrons. The lowest BCUT2D eigenvalue weighted by Crippen LogP contribution is -2.55. The van der Waals surface area contributed by atoms with Crippen molar-refractivity contribution in [2.75, 3.05) is 25.6 Å². The number of aromatic nitrogens is 2. The van der Waals surface area contributed by atoms with E-state index in [0.717, 1.165) is 22.3 Å². The van der Waals surface area contributed by atoms with Crippen LogP contribution >= 0.6 is 0 Å². The van der Waals surface area contributed by atoms with Crippen molar-refractivity contribution in [2.24, 2.45) is 7.05 Å². The summed E-state index contributed by atoms with van der Waals surface area (Å²) >= 11 is 0. The highest BCUT2D eigenvalue weighted by atomic mass is 16.5. The average Bonchev–Trinajstić information content (AvgIpc) is 3.35. The molecule has 0 spiro atoms. The monoisotopic (exact) mass is 478 g/mol. The molecule has 35 heavy (non-hydrogen) atoms. The average molecular weight is 479 g/mol. The first-order valence-electron chi connectivity index (χ1n) is 10.9. The Hall–Kier alpha value is -4.18. The second-order valence-corrected chi connectivity index (χ2v) is 8.54. The fourth-order valence-electron chi connectivity index (χ4n) is 4.24. The number of aliphatic carboxylic acids is 1. The highest BCUT2D eigenvalue weighted by molar-refractivity contribution is 6.02. The molecule has 1 heterocycles. The largest absolute Gasteiger partial charge is 0.479 e. The predicted octanol–water partition coefficient (Wildman–Crippen LogP) is 3.00. The maximum Gasteiger partial charge on any atom is 0.411 e. The number of anilines is 1. The number of aryl methyl sites for hydroxylation is 1. The van der Waals surface area contributed by atoms with Crippen LogP contribution in [0, 0.1) is 0 Å². The minimum atomic E-state index is -1.68. The zero-order valence-corrected chi connectivity index (χ0v) is 19.6. The highest BCUT2D eigenvalue weighted by Gasteiger charge is 2.37. The maximum absolute atomic E-state index is 12.8. The van der Waals surface area contributed by atoms with Crippen LogP contribution in [0.5, 0.6) is 0 Å². The standard InChI is InChI=1S/C25H26N4O6/c1-25(14-34-3,23(31)32)27-22(30)21-20(12-29(2)28-21)26-24(33)35-13-19-17-10-6-4-8-15(17)16-9-5-7-11-18(16)19/h4-12,19H,13-14H2,1-3H3,(H,26,33)(H,27,30)(H,31,32). The van der Waals surface area contributed by atoms with Crippen LogP contribution in [0.15, 0.2) is 54.7 Å². The van der Waals surface area contributed by atoms with Crippen molar-refractivity contribution < 1.29 is 29.0 Å². The van der Waals surface area contributed by atoms with Gasteiger partial charge in [0.05, 0.1) is 12.3 Å². The van der Waals surface area contributed by atoms with Crippen molar-refractivity contribution in [2.45, 2.75) is 18.4 Å². The van der Waals surface area contributed by atoms with E-state index in [0.29, 0.717) is 0 Å². The van der Waals surface area contributed by atoms with Crippen LogP contribution in [-0.2, 0) is 21.3 Å². The van der Waals surface area contributed by atoms with Crippen LogP contribution in [-0.4, -0.2) is 58.7 Å². The summed E-state index contributed by atoms with van der Waals surface area (Å²) in [5.74, 6) is -2.16. The van der Waals surface area contributed by atoms with Crippen LogP contribution in [0.2, 0.25) is 0 Å². The third-order valence-corrected chi connectivity index (χ3v) is 5.92. The van der Waals surface area contributed by atoms with Crippen LogP contribution in [0.25, 0.3) is 11.1 Å². The molecule has 0 saturated carbocycles. The number of carbonyl (C=O) groups is 3. The van der Waals surface area contributed by atoms with Crippen LogP contribution in [0.4, 0.5) is 10.5 Å². The zero-order valence-electron chi connectivity index (χ0n) is 19.6. The number of hydrogen-bond donors (Lipinski definition) is 3. The van der Waals surface area contributed by atoms with Gasteiger partial charge in [0, 0.05) is 26.3 Å². The summed E-state index contributed by atoms with van der Waals surface area (Å²) in [6.07, 6.45) is 0.678. The molecule has 0 aliphatic heterocycles. The molecule has 1 aliphatic carbocycles. The number of nitrogens with zero attached hydrogens (tertiary/aromatic N) is 2. The Morgan fingerprint density at radius 1 is 1.09 bits per heavy atom. The first-order chi connectivity index (χ1) is 16.7. The van der Waals surface area contributed by atoms with Gasteiger partial charge in [0.2, 0.25) is 0 Å². The van der Waals surface area contributed by atoms with Crippen molar-refractivity contribution in [3.63, 3.8) is 0 Å². The first-order valence-corrected chi connectivity index (χ1v) is 10.9. The van der Waals surface area contributed by atoms with Gasteiger partial charge < -0.3 is 19.9 Å². The van der Waals surface area contributed by atoms with Crippen molar-refractivity contribution >= 4 is 23.7 Å². The number of carboxylic acid groups (broad SMARTS) is 1. The Kier molecular flexibility index (Phi) is 6.57. The summed E-state index contributed by atoms with van der Waals surface area (Å²) in [5.41, 5.74) is 2.64. The number of methoxy groups -OCH3 is 1. The molecule has 0 radical (unpaired) electrons. The van der Waals surface area contributed by atoms with E-state index >= 15 is 0 Å². The number of carboxylic acids is 1. The van der Waals surface area contributed by atoms with E-state index in [1.807, 2.05) is 48.5 Å². The molecule has 4 rings (SSSR count). The van der Waals surface area contributed by atoms with E-state index in [9.17, 15) is 19.5 Å². The van der Waals surface area contributed by atoms with E-state index in [4.69, 9.17) is 9.47 Å². The van der Waals surface area contributed by atoms with Crippen molar-refractivity contribution in [3.05, 3.63) is 71.5 Å². The fourth-order valence-corrected chi connectivity index (χ4v) is 4.24. The third-order valence-electron chi connectivity index (χ3n) is 5.92. The van der Waals surface area contributed by atoms with Gasteiger partial charge in [-0.3, -0.25) is 14.8 Å². The molecule has 1 unspecified atom stereocenters. The normalized spacial score (nSPS) is 13.9. The summed E-state index contributed by atoms with van der Waals surface area (Å²) in [4.78, 5) is 37.1. The molecule has 0 bridgehead atoms. The van der Waals surface area contributed by atoms with Crippen molar-refractivity contribution in [3.8, 4) is 11.1 Å². The van der Waals surface area contributed by atoms with Crippen LogP contribution in [0.3, 0.4) is 0 Å². The number of rotatable bonds is 8. The first kappa shape index (κ1) is 24.0. The van der Waals surface area contributed by atoms with Crippen LogP contribution < -0.4 is 10.6 Å². The minimum absolute atomic E-state index is 0.0902. The van der Waals surface area contributed by atoms with E-state index in [1.165, 1.54) is 24.9 Å². The molecule has 1 aliphatic rings. The van der Waals surface area contributed by atoms with E-state index in [2.05, 4.69) is 15.7 Å². The van der Waals surface area contributed by atoms with Gasteiger partial charge in [0.1, 0.15) is 6.61 Å². The second-order valence-electron chi connectivity index (χ2n) is 8.54. The lowest BCUT2D eigenvalue weighted by atomic mass is 9.98. The molecule has 2 aromatic carbocycles. The Balaban J connectivity index is 1.46. The molecule has 2 amide bonds. The molecular weight excluding hydrogens is 452 g/mol. The summed E-state index contributed by atoms with van der Waals surface area (Å²) in [6.45, 7) is 1.17. The predicted molar refractivity (Wildman–Crippen MR) is 127 cm³/mol. The van der Waals surface area contributed by atoms with Crippen LogP contribution in [0.1, 0.15) is 34.5 Å². The zero-order chi connectivity index (χ0) is 25.2. The van der Waals surface area contributed by atoms with Gasteiger partial charge in [0.25, 0.3) is 5.91 Å². The molecule has 10 nitrogen and oxygen atoms in total. The Labute approximate surface area is 201 Å². The van der Waals surface area contributed by atoms with Crippen molar-refractivity contribution in [1.29, 1.82) is 0 Å². The highest BCUT2D eigenvalue weighted by Crippen LogP contribution is 2.44. The van der Waals surface area contributed by atoms with Gasteiger partial charge in [-0.15, -0.1) is 0 Å². The second kappa shape index (κ2) is 9.59. The third kappa shape index (κ3) is 4.73. The molecule has 10 heteroatoms. The number of hydrogen-bond acceptors (Lipinski definition) is 6. The Bertz CT molecular complexity index is 1240. The fraction of sp³-hybridized carbons (Fsp3) is 0.280. The number of benzene rings is 2. The quantitative estimate of drug-likeness (QED) is 0.453. The van der Waals surface area contributed by atoms with E-state index in [1.54, 1.807) is 7.05 Å². The molecular formula is C25H26N4O6. The lowest BCUT2D eigenvalue weighted by molar-refractivity contribution is -0.145. The Morgan fingerprint density at radius 3 is 2.26 bits per heavy atom. The molecule has 3 N–H and O–H groups in total. The SMILES string of the molecule is COCC(C)(NC(=O)c1nn(C)cc1NC(=O)OCC1c2ccccc2-c2ccccc21)C(=O)O. The van der Waals surface area contributed by atoms with Gasteiger partial charge >= 0.3 is 12.1 Å². The van der Waals surface area contributed by atoms with Gasteiger partial charge in [-0.2, -0.15) is 5.10 Å². The summed E-state index contributed by atoms with van der Waals surface area (Å²) in [6, 6.07) is 16.0. The van der Waals surface area contributed by atoms with E-state index in [-0.39, 0.29) is 30.5 Å². The number of ether oxygens (including phenoxy) is 2. The number of amides is 2. The number of fused-ring (bicyclic) bond motifs is 3. The summed E-state index contributed by atoms with van der Waals surface area (Å²) in [7, 11) is 2.91. The molecule has 0 fully saturated rings. The maximum atomic E-state index is 12.8. The lowest BCUT2D eigenvalue weighted by Gasteiger charge is -2.24. The van der Waals surface area contributed by atoms with Gasteiger partial charge in [-0.05, 0) is 29.2 Å². The molecule has 0 saturated heterocycles. The molecule has 1 atom stereocenters.